The van der Waals surface area contributed by atoms with E-state index in [9.17, 15) is 14.7 Å². The third kappa shape index (κ3) is 4.31. The van der Waals surface area contributed by atoms with Gasteiger partial charge in [0.2, 0.25) is 5.43 Å². The van der Waals surface area contributed by atoms with Crippen LogP contribution in [0.25, 0.3) is 49.4 Å². The van der Waals surface area contributed by atoms with Crippen molar-refractivity contribution in [3.05, 3.63) is 112 Å². The first-order valence-electron chi connectivity index (χ1n) is 14.5. The van der Waals surface area contributed by atoms with E-state index in [0.29, 0.717) is 38.9 Å². The van der Waals surface area contributed by atoms with Crippen LogP contribution in [0.2, 0.25) is 0 Å². The molecule has 0 saturated carbocycles. The van der Waals surface area contributed by atoms with E-state index in [1.54, 1.807) is 26.0 Å². The fourth-order valence-electron chi connectivity index (χ4n) is 6.48. The summed E-state index contributed by atoms with van der Waals surface area (Å²) in [6.45, 7) is 3.52. The summed E-state index contributed by atoms with van der Waals surface area (Å²) in [7, 11) is 3.35. The molecule has 1 N–H and O–H groups in total. The van der Waals surface area contributed by atoms with Crippen molar-refractivity contribution < 1.29 is 24.1 Å². The van der Waals surface area contributed by atoms with Gasteiger partial charge in [0, 0.05) is 24.6 Å². The van der Waals surface area contributed by atoms with Crippen LogP contribution in [-0.2, 0) is 16.6 Å². The molecular formula is C37H31NO6. The number of carbonyl (C=O) groups is 1. The Bertz CT molecular complexity index is 2220. The van der Waals surface area contributed by atoms with E-state index in [4.69, 9.17) is 14.2 Å². The quantitative estimate of drug-likeness (QED) is 0.139. The summed E-state index contributed by atoms with van der Waals surface area (Å²) in [4.78, 5) is 27.2. The minimum absolute atomic E-state index is 0.220. The monoisotopic (exact) mass is 585 g/mol. The Hall–Kier alpha value is -5.14. The second kappa shape index (κ2) is 10.2. The Kier molecular flexibility index (Phi) is 6.44. The molecule has 7 heteroatoms. The van der Waals surface area contributed by atoms with E-state index < -0.39 is 23.8 Å². The predicted octanol–water partition coefficient (Wildman–Crippen LogP) is 6.84. The zero-order valence-corrected chi connectivity index (χ0v) is 24.8. The van der Waals surface area contributed by atoms with Crippen LogP contribution in [0.4, 0.5) is 0 Å². The van der Waals surface area contributed by atoms with Crippen LogP contribution < -0.4 is 14.9 Å². The van der Waals surface area contributed by atoms with Gasteiger partial charge in [0.1, 0.15) is 23.2 Å². The second-order valence-corrected chi connectivity index (χ2v) is 11.7. The molecule has 0 saturated heterocycles. The van der Waals surface area contributed by atoms with Gasteiger partial charge in [0.25, 0.3) is 0 Å². The van der Waals surface area contributed by atoms with Crippen molar-refractivity contribution in [1.82, 2.24) is 4.57 Å². The number of aliphatic hydroxyl groups is 1. The molecule has 6 aromatic rings. The summed E-state index contributed by atoms with van der Waals surface area (Å²) in [5, 5.41) is 16.8. The molecule has 44 heavy (non-hydrogen) atoms. The lowest BCUT2D eigenvalue weighted by molar-refractivity contribution is -0.171. The number of aryl methyl sites for hydroxylation is 1. The summed E-state index contributed by atoms with van der Waals surface area (Å²) in [5.41, 5.74) is 1.08. The summed E-state index contributed by atoms with van der Waals surface area (Å²) in [5.74, 6) is 0.0807. The number of rotatable bonds is 4. The maximum Gasteiger partial charge on any atom is 0.331 e. The lowest BCUT2D eigenvalue weighted by Gasteiger charge is -2.42. The normalized spacial score (nSPS) is 17.7. The van der Waals surface area contributed by atoms with Gasteiger partial charge in [0.05, 0.1) is 29.1 Å². The number of hydrogen-bond donors (Lipinski definition) is 1. The van der Waals surface area contributed by atoms with Gasteiger partial charge in [-0.25, -0.2) is 4.79 Å². The summed E-state index contributed by atoms with van der Waals surface area (Å²) in [6, 6.07) is 27.1. The predicted molar refractivity (Wildman–Crippen MR) is 173 cm³/mol. The number of aliphatic hydroxyl groups excluding tert-OH is 1. The Morgan fingerprint density at radius 1 is 0.932 bits per heavy atom. The van der Waals surface area contributed by atoms with Gasteiger partial charge in [-0.2, -0.15) is 0 Å². The second-order valence-electron chi connectivity index (χ2n) is 11.7. The Labute approximate surface area is 253 Å². The van der Waals surface area contributed by atoms with E-state index in [-0.39, 0.29) is 5.43 Å². The van der Waals surface area contributed by atoms with Crippen LogP contribution >= 0.6 is 0 Å². The molecule has 7 nitrogen and oxygen atoms in total. The molecule has 0 aliphatic carbocycles. The number of esters is 1. The first-order chi connectivity index (χ1) is 21.2. The number of nitrogens with zero attached hydrogens (tertiary/aromatic N) is 1. The molecule has 220 valence electrons. The van der Waals surface area contributed by atoms with Gasteiger partial charge in [0.15, 0.2) is 6.10 Å². The molecule has 1 aromatic heterocycles. The highest BCUT2D eigenvalue weighted by Gasteiger charge is 2.47. The zero-order valence-electron chi connectivity index (χ0n) is 24.8. The number of aromatic nitrogens is 1. The molecular weight excluding hydrogens is 554 g/mol. The van der Waals surface area contributed by atoms with E-state index in [0.717, 1.165) is 27.1 Å². The Morgan fingerprint density at radius 2 is 1.61 bits per heavy atom. The van der Waals surface area contributed by atoms with E-state index >= 15 is 0 Å². The molecule has 0 amide bonds. The first-order valence-corrected chi connectivity index (χ1v) is 14.5. The van der Waals surface area contributed by atoms with Crippen molar-refractivity contribution in [2.24, 2.45) is 7.05 Å². The minimum atomic E-state index is -1.29. The fourth-order valence-corrected chi connectivity index (χ4v) is 6.48. The third-order valence-corrected chi connectivity index (χ3v) is 8.62. The largest absolute Gasteiger partial charge is 0.496 e. The smallest absolute Gasteiger partial charge is 0.331 e. The standard InChI is InChI=1S/C37H31NO6/c1-37(2)36(43-30(39)17-16-22-14-9-13-21-10-7-8-15-25(21)22)35(41)32-29(44-37)20-28(42-4)31-33(32)38(3)27-19-24-12-6-5-11-23(24)18-26(27)34(31)40/h5-20,35-36,41H,1-4H3/t35-,36-/m0/s1. The average Bonchev–Trinajstić information content (AvgIpc) is 3.02. The lowest BCUT2D eigenvalue weighted by atomic mass is 9.86. The van der Waals surface area contributed by atoms with Crippen LogP contribution in [0.5, 0.6) is 11.5 Å². The average molecular weight is 586 g/mol. The van der Waals surface area contributed by atoms with Crippen molar-refractivity contribution in [2.45, 2.75) is 31.7 Å². The van der Waals surface area contributed by atoms with Crippen LogP contribution in [0.15, 0.2) is 95.8 Å². The molecule has 1 aliphatic rings. The fraction of sp³-hybridized carbons (Fsp3) is 0.189. The van der Waals surface area contributed by atoms with Crippen LogP contribution in [0, 0.1) is 0 Å². The molecule has 0 fully saturated rings. The van der Waals surface area contributed by atoms with Crippen molar-refractivity contribution in [2.75, 3.05) is 7.11 Å². The van der Waals surface area contributed by atoms with Crippen molar-refractivity contribution in [3.8, 4) is 11.5 Å². The maximum absolute atomic E-state index is 14.0. The van der Waals surface area contributed by atoms with Gasteiger partial charge in [-0.05, 0) is 59.2 Å². The van der Waals surface area contributed by atoms with Gasteiger partial charge < -0.3 is 23.9 Å². The first kappa shape index (κ1) is 27.7. The molecule has 0 unspecified atom stereocenters. The van der Waals surface area contributed by atoms with E-state index in [1.165, 1.54) is 13.2 Å². The number of pyridine rings is 1. The van der Waals surface area contributed by atoms with Gasteiger partial charge in [-0.3, -0.25) is 4.79 Å². The summed E-state index contributed by atoms with van der Waals surface area (Å²) >= 11 is 0. The van der Waals surface area contributed by atoms with Crippen LogP contribution in [0.3, 0.4) is 0 Å². The van der Waals surface area contributed by atoms with Gasteiger partial charge >= 0.3 is 5.97 Å². The molecule has 7 rings (SSSR count). The highest BCUT2D eigenvalue weighted by atomic mass is 16.6. The summed E-state index contributed by atoms with van der Waals surface area (Å²) < 4.78 is 19.9. The highest BCUT2D eigenvalue weighted by Crippen LogP contribution is 2.47. The number of methoxy groups -OCH3 is 1. The number of carbonyl (C=O) groups excluding carboxylic acids is 1. The molecule has 1 aliphatic heterocycles. The van der Waals surface area contributed by atoms with Gasteiger partial charge in [-0.15, -0.1) is 0 Å². The molecule has 2 atom stereocenters. The lowest BCUT2D eigenvalue weighted by Crippen LogP contribution is -2.51. The maximum atomic E-state index is 14.0. The van der Waals surface area contributed by atoms with E-state index in [2.05, 4.69) is 0 Å². The molecule has 0 bridgehead atoms. The molecule has 0 radical (unpaired) electrons. The van der Waals surface area contributed by atoms with Crippen LogP contribution in [-0.4, -0.2) is 34.5 Å². The van der Waals surface area contributed by atoms with Crippen molar-refractivity contribution >= 4 is 55.4 Å². The SMILES string of the molecule is COc1cc2c(c3c1c(=O)c1cc4ccccc4cc1n3C)[C@H](O)[C@H](OC(=O)C=Cc1cccc3ccccc13)C(C)(C)O2. The third-order valence-electron chi connectivity index (χ3n) is 8.62. The van der Waals surface area contributed by atoms with Crippen molar-refractivity contribution in [3.63, 3.8) is 0 Å². The zero-order chi connectivity index (χ0) is 30.7. The molecule has 0 spiro atoms. The summed E-state index contributed by atoms with van der Waals surface area (Å²) in [6.07, 6.45) is 0.710. The van der Waals surface area contributed by atoms with Crippen molar-refractivity contribution in [1.29, 1.82) is 0 Å². The van der Waals surface area contributed by atoms with Crippen LogP contribution in [0.1, 0.15) is 31.1 Å². The number of hydrogen-bond acceptors (Lipinski definition) is 6. The molecule has 5 aromatic carbocycles. The Morgan fingerprint density at radius 3 is 2.36 bits per heavy atom. The van der Waals surface area contributed by atoms with Gasteiger partial charge in [-0.1, -0.05) is 66.7 Å². The minimum Gasteiger partial charge on any atom is -0.496 e. The highest BCUT2D eigenvalue weighted by molar-refractivity contribution is 6.04. The number of benzene rings is 5. The Balaban J connectivity index is 1.34. The van der Waals surface area contributed by atoms with E-state index in [1.807, 2.05) is 90.5 Å². The number of fused-ring (bicyclic) bond motifs is 6. The molecule has 2 heterocycles. The topological polar surface area (TPSA) is 87.0 Å². The number of ether oxygens (including phenoxy) is 3.